The molecule has 1 aromatic heterocycles. The van der Waals surface area contributed by atoms with E-state index in [0.29, 0.717) is 5.92 Å². The van der Waals surface area contributed by atoms with Crippen molar-refractivity contribution in [2.24, 2.45) is 0 Å². The zero-order chi connectivity index (χ0) is 25.7. The third kappa shape index (κ3) is 4.85. The summed E-state index contributed by atoms with van der Waals surface area (Å²) in [6.45, 7) is 2.26. The fourth-order valence-corrected chi connectivity index (χ4v) is 6.14. The highest BCUT2D eigenvalue weighted by Gasteiger charge is 2.24. The fraction of sp³-hybridized carbons (Fsp3) is 0.162. The van der Waals surface area contributed by atoms with Gasteiger partial charge in [-0.05, 0) is 106 Å². The molecule has 7 rings (SSSR count). The maximum absolute atomic E-state index is 3.78. The van der Waals surface area contributed by atoms with Crippen LogP contribution in [-0.4, -0.2) is 4.98 Å². The predicted molar refractivity (Wildman–Crippen MR) is 159 cm³/mol. The van der Waals surface area contributed by atoms with Gasteiger partial charge >= 0.3 is 0 Å². The predicted octanol–water partition coefficient (Wildman–Crippen LogP) is 7.40. The number of hydrogen-bond donors (Lipinski definition) is 0. The van der Waals surface area contributed by atoms with Crippen molar-refractivity contribution < 1.29 is 0 Å². The van der Waals surface area contributed by atoms with Gasteiger partial charge in [0.05, 0.1) is 0 Å². The van der Waals surface area contributed by atoms with Crippen molar-refractivity contribution >= 4 is 11.6 Å². The Bertz CT molecular complexity index is 1640. The number of aromatic nitrogens is 1. The first kappa shape index (κ1) is 24.1. The van der Waals surface area contributed by atoms with Crippen LogP contribution in [0.15, 0.2) is 122 Å². The average molecular weight is 492 g/mol. The molecule has 0 N–H and O–H groups in total. The summed E-state index contributed by atoms with van der Waals surface area (Å²) in [5.74, 6) is 0.566. The lowest BCUT2D eigenvalue weighted by Crippen LogP contribution is -2.38. The molecule has 38 heavy (non-hydrogen) atoms. The number of hydrogen-bond acceptors (Lipinski definition) is 1. The SMILES string of the molecule is Cc1ccccc1C1=c2c(ccc3c2=CCc2ccccc2-3)C(Cc2ccccc2)CC1.c1ccncc1. The Hall–Kier alpha value is -4.23. The molecule has 2 aliphatic rings. The molecule has 186 valence electrons. The third-order valence-electron chi connectivity index (χ3n) is 7.96. The molecule has 1 nitrogen and oxygen atoms in total. The molecule has 0 amide bonds. The van der Waals surface area contributed by atoms with E-state index in [0.717, 1.165) is 19.3 Å². The first-order chi connectivity index (χ1) is 18.8. The lowest BCUT2D eigenvalue weighted by atomic mass is 9.76. The van der Waals surface area contributed by atoms with Crippen molar-refractivity contribution in [2.75, 3.05) is 0 Å². The molecule has 1 atom stereocenters. The van der Waals surface area contributed by atoms with E-state index in [4.69, 9.17) is 0 Å². The zero-order valence-corrected chi connectivity index (χ0v) is 22.0. The van der Waals surface area contributed by atoms with Gasteiger partial charge in [0.2, 0.25) is 0 Å². The maximum atomic E-state index is 3.78. The van der Waals surface area contributed by atoms with Crippen LogP contribution in [0.1, 0.15) is 46.6 Å². The van der Waals surface area contributed by atoms with Gasteiger partial charge in [0.1, 0.15) is 0 Å². The van der Waals surface area contributed by atoms with E-state index in [-0.39, 0.29) is 0 Å². The molecule has 0 saturated heterocycles. The van der Waals surface area contributed by atoms with Gasteiger partial charge in [-0.15, -0.1) is 0 Å². The molecule has 2 aliphatic carbocycles. The molecule has 0 saturated carbocycles. The summed E-state index contributed by atoms with van der Waals surface area (Å²) in [4.78, 5) is 3.78. The Kier molecular flexibility index (Phi) is 7.00. The van der Waals surface area contributed by atoms with E-state index >= 15 is 0 Å². The van der Waals surface area contributed by atoms with E-state index < -0.39 is 0 Å². The minimum absolute atomic E-state index is 0.566. The van der Waals surface area contributed by atoms with Gasteiger partial charge in [0.25, 0.3) is 0 Å². The van der Waals surface area contributed by atoms with Crippen LogP contribution >= 0.6 is 0 Å². The summed E-state index contributed by atoms with van der Waals surface area (Å²) in [5.41, 5.74) is 11.6. The maximum Gasteiger partial charge on any atom is 0.0267 e. The van der Waals surface area contributed by atoms with Gasteiger partial charge in [-0.25, -0.2) is 0 Å². The third-order valence-corrected chi connectivity index (χ3v) is 7.96. The summed E-state index contributed by atoms with van der Waals surface area (Å²) in [5, 5.41) is 2.97. The Morgan fingerprint density at radius 3 is 2.13 bits per heavy atom. The highest BCUT2D eigenvalue weighted by atomic mass is 14.6. The van der Waals surface area contributed by atoms with Gasteiger partial charge in [0.15, 0.2) is 0 Å². The molecule has 0 spiro atoms. The number of nitrogens with zero attached hydrogens (tertiary/aromatic N) is 1. The smallest absolute Gasteiger partial charge is 0.0267 e. The Morgan fingerprint density at radius 2 is 1.39 bits per heavy atom. The first-order valence-corrected chi connectivity index (χ1v) is 13.7. The standard InChI is InChI=1S/C32H28.C5H5N/c1-22-9-5-7-13-26(22)30-18-16-25(21-23-10-3-2-4-11-23)28-19-20-29-27-14-8-6-12-24(27)15-17-31(29)32(28)30;1-2-4-6-5-3-1/h2-14,17,19-20,25H,15-16,18,21H2,1H3;1-5H. The lowest BCUT2D eigenvalue weighted by Gasteiger charge is -2.28. The summed E-state index contributed by atoms with van der Waals surface area (Å²) in [6.07, 6.45) is 10.5. The van der Waals surface area contributed by atoms with Crippen LogP contribution < -0.4 is 10.4 Å². The average Bonchev–Trinajstić information content (AvgIpc) is 2.99. The van der Waals surface area contributed by atoms with Crippen LogP contribution in [0.2, 0.25) is 0 Å². The van der Waals surface area contributed by atoms with Crippen molar-refractivity contribution in [1.29, 1.82) is 0 Å². The summed E-state index contributed by atoms with van der Waals surface area (Å²) < 4.78 is 0. The first-order valence-electron chi connectivity index (χ1n) is 13.7. The second-order valence-corrected chi connectivity index (χ2v) is 10.3. The van der Waals surface area contributed by atoms with Crippen molar-refractivity contribution in [1.82, 2.24) is 4.98 Å². The summed E-state index contributed by atoms with van der Waals surface area (Å²) >= 11 is 0. The molecule has 0 bridgehead atoms. The van der Waals surface area contributed by atoms with Crippen LogP contribution in [0, 0.1) is 6.92 Å². The van der Waals surface area contributed by atoms with Crippen molar-refractivity contribution in [3.8, 4) is 11.1 Å². The van der Waals surface area contributed by atoms with E-state index in [9.17, 15) is 0 Å². The van der Waals surface area contributed by atoms with E-state index in [1.165, 1.54) is 61.4 Å². The van der Waals surface area contributed by atoms with Crippen LogP contribution in [0.5, 0.6) is 0 Å². The van der Waals surface area contributed by atoms with Gasteiger partial charge in [-0.3, -0.25) is 4.98 Å². The minimum atomic E-state index is 0.566. The molecule has 0 aliphatic heterocycles. The molecule has 0 radical (unpaired) electrons. The Labute approximate surface area is 225 Å². The molecule has 1 heterocycles. The van der Waals surface area contributed by atoms with Gasteiger partial charge in [0, 0.05) is 12.4 Å². The Balaban J connectivity index is 0.000000390. The van der Waals surface area contributed by atoms with Crippen molar-refractivity contribution in [2.45, 2.75) is 38.5 Å². The van der Waals surface area contributed by atoms with Crippen molar-refractivity contribution in [3.05, 3.63) is 160 Å². The number of benzene rings is 4. The van der Waals surface area contributed by atoms with Gasteiger partial charge in [-0.1, -0.05) is 103 Å². The van der Waals surface area contributed by atoms with E-state index in [1.807, 2.05) is 18.2 Å². The van der Waals surface area contributed by atoms with E-state index in [2.05, 4.69) is 109 Å². The number of fused-ring (bicyclic) bond motifs is 5. The minimum Gasteiger partial charge on any atom is -0.265 e. The molecule has 4 aromatic carbocycles. The largest absolute Gasteiger partial charge is 0.265 e. The fourth-order valence-electron chi connectivity index (χ4n) is 6.14. The second-order valence-electron chi connectivity index (χ2n) is 10.3. The zero-order valence-electron chi connectivity index (χ0n) is 22.0. The van der Waals surface area contributed by atoms with E-state index in [1.54, 1.807) is 12.4 Å². The van der Waals surface area contributed by atoms with Crippen LogP contribution in [0.25, 0.3) is 22.8 Å². The molecular formula is C37H33N. The van der Waals surface area contributed by atoms with Crippen LogP contribution in [0.3, 0.4) is 0 Å². The summed E-state index contributed by atoms with van der Waals surface area (Å²) in [7, 11) is 0. The monoisotopic (exact) mass is 491 g/mol. The number of pyridine rings is 1. The van der Waals surface area contributed by atoms with Gasteiger partial charge < -0.3 is 0 Å². The van der Waals surface area contributed by atoms with Gasteiger partial charge in [-0.2, -0.15) is 0 Å². The number of aryl methyl sites for hydroxylation is 1. The van der Waals surface area contributed by atoms with Crippen LogP contribution in [-0.2, 0) is 12.8 Å². The molecule has 1 unspecified atom stereocenters. The highest BCUT2D eigenvalue weighted by Crippen LogP contribution is 2.34. The second kappa shape index (κ2) is 11.0. The van der Waals surface area contributed by atoms with Crippen LogP contribution in [0.4, 0.5) is 0 Å². The number of rotatable bonds is 3. The molecular weight excluding hydrogens is 458 g/mol. The summed E-state index contributed by atoms with van der Waals surface area (Å²) in [6, 6.07) is 39.4. The molecule has 5 aromatic rings. The highest BCUT2D eigenvalue weighted by molar-refractivity contribution is 5.78. The Morgan fingerprint density at radius 1 is 0.684 bits per heavy atom. The molecule has 0 fully saturated rings. The molecule has 1 heteroatoms. The quantitative estimate of drug-likeness (QED) is 0.256. The lowest BCUT2D eigenvalue weighted by molar-refractivity contribution is 0.614. The topological polar surface area (TPSA) is 12.9 Å². The normalized spacial score (nSPS) is 15.2. The van der Waals surface area contributed by atoms with Crippen molar-refractivity contribution in [3.63, 3.8) is 0 Å².